The zero-order valence-electron chi connectivity index (χ0n) is 13.0. The molecule has 0 aliphatic carbocycles. The maximum atomic E-state index is 12.4. The number of nitrogens with zero attached hydrogens (tertiary/aromatic N) is 4. The molecule has 9 heteroatoms. The summed E-state index contributed by atoms with van der Waals surface area (Å²) < 4.78 is 2.18. The van der Waals surface area contributed by atoms with Gasteiger partial charge in [-0.25, -0.2) is 4.68 Å². The fourth-order valence-electron chi connectivity index (χ4n) is 1.89. The number of para-hydroxylation sites is 1. The minimum absolute atomic E-state index is 0.207. The average molecular weight is 371 g/mol. The molecule has 0 bridgehead atoms. The fourth-order valence-corrected chi connectivity index (χ4v) is 3.40. The van der Waals surface area contributed by atoms with Crippen LogP contribution in [0.1, 0.15) is 10.5 Å². The average Bonchev–Trinajstić information content (AvgIpc) is 3.08. The van der Waals surface area contributed by atoms with E-state index in [2.05, 4.69) is 27.2 Å². The summed E-state index contributed by atoms with van der Waals surface area (Å²) in [5.74, 6) is 0.0802. The maximum Gasteiger partial charge on any atom is 0.282 e. The zero-order valence-corrected chi connectivity index (χ0v) is 14.6. The normalized spacial score (nSPS) is 10.4. The highest BCUT2D eigenvalue weighted by Gasteiger charge is 2.16. The second kappa shape index (κ2) is 7.86. The summed E-state index contributed by atoms with van der Waals surface area (Å²) in [6.07, 6.45) is 3.27. The van der Waals surface area contributed by atoms with E-state index in [1.807, 2.05) is 30.3 Å². The van der Waals surface area contributed by atoms with Crippen molar-refractivity contribution >= 4 is 34.1 Å². The summed E-state index contributed by atoms with van der Waals surface area (Å²) in [7, 11) is 0. The van der Waals surface area contributed by atoms with E-state index in [9.17, 15) is 9.59 Å². The maximum absolute atomic E-state index is 12.4. The van der Waals surface area contributed by atoms with Crippen LogP contribution in [0.2, 0.25) is 0 Å². The van der Waals surface area contributed by atoms with Crippen LogP contribution in [0.25, 0.3) is 5.69 Å². The van der Waals surface area contributed by atoms with E-state index in [0.29, 0.717) is 15.2 Å². The Balaban J connectivity index is 1.81. The van der Waals surface area contributed by atoms with Gasteiger partial charge in [0.2, 0.25) is 10.6 Å². The van der Waals surface area contributed by atoms with Crippen LogP contribution in [-0.2, 0) is 0 Å². The molecule has 2 aromatic heterocycles. The number of benzene rings is 1. The summed E-state index contributed by atoms with van der Waals surface area (Å²) in [4.78, 5) is 24.4. The van der Waals surface area contributed by atoms with Gasteiger partial charge in [-0.2, -0.15) is 5.10 Å². The molecule has 0 aliphatic heterocycles. The minimum atomic E-state index is -0.619. The van der Waals surface area contributed by atoms with E-state index in [-0.39, 0.29) is 5.69 Å². The van der Waals surface area contributed by atoms with Crippen LogP contribution >= 0.6 is 23.1 Å². The van der Waals surface area contributed by atoms with Crippen molar-refractivity contribution in [3.63, 3.8) is 0 Å². The Bertz CT molecular complexity index is 952. The van der Waals surface area contributed by atoms with Gasteiger partial charge in [-0.05, 0) is 12.1 Å². The van der Waals surface area contributed by atoms with Crippen LogP contribution in [0.5, 0.6) is 0 Å². The molecular formula is C16H13N5O2S2. The van der Waals surface area contributed by atoms with Gasteiger partial charge in [-0.1, -0.05) is 47.4 Å². The van der Waals surface area contributed by atoms with Crippen molar-refractivity contribution in [2.75, 3.05) is 11.1 Å². The lowest BCUT2D eigenvalue weighted by Crippen LogP contribution is -2.25. The van der Waals surface area contributed by atoms with Gasteiger partial charge in [0.1, 0.15) is 0 Å². The van der Waals surface area contributed by atoms with Gasteiger partial charge in [0.05, 0.1) is 5.69 Å². The highest BCUT2D eigenvalue weighted by molar-refractivity contribution is 8.01. The van der Waals surface area contributed by atoms with Crippen molar-refractivity contribution in [1.29, 1.82) is 0 Å². The third-order valence-corrected chi connectivity index (χ3v) is 4.96. The molecule has 0 spiro atoms. The molecule has 3 rings (SSSR count). The SMILES string of the molecule is C=CCSc1nnc(NC(=O)c2nn(-c3ccccc3)ccc2=O)s1. The molecule has 0 saturated heterocycles. The molecule has 0 unspecified atom stereocenters. The number of thioether (sulfide) groups is 1. The van der Waals surface area contributed by atoms with E-state index >= 15 is 0 Å². The Kier molecular flexibility index (Phi) is 5.36. The predicted molar refractivity (Wildman–Crippen MR) is 98.6 cm³/mol. The molecule has 3 aromatic rings. The lowest BCUT2D eigenvalue weighted by atomic mass is 10.3. The Morgan fingerprint density at radius 3 is 2.84 bits per heavy atom. The highest BCUT2D eigenvalue weighted by Crippen LogP contribution is 2.25. The van der Waals surface area contributed by atoms with Crippen LogP contribution < -0.4 is 10.7 Å². The van der Waals surface area contributed by atoms with Crippen molar-refractivity contribution in [2.24, 2.45) is 0 Å². The number of anilines is 1. The number of carbonyl (C=O) groups excluding carboxylic acids is 1. The van der Waals surface area contributed by atoms with Crippen LogP contribution in [0.3, 0.4) is 0 Å². The van der Waals surface area contributed by atoms with Crippen LogP contribution in [0, 0.1) is 0 Å². The molecule has 0 radical (unpaired) electrons. The molecule has 0 saturated carbocycles. The summed E-state index contributed by atoms with van der Waals surface area (Å²) >= 11 is 2.69. The largest absolute Gasteiger partial charge is 0.295 e. The lowest BCUT2D eigenvalue weighted by molar-refractivity contribution is 0.101. The molecule has 126 valence electrons. The Labute approximate surface area is 151 Å². The van der Waals surface area contributed by atoms with Gasteiger partial charge in [0.15, 0.2) is 10.0 Å². The Morgan fingerprint density at radius 1 is 1.28 bits per heavy atom. The van der Waals surface area contributed by atoms with Gasteiger partial charge in [0.25, 0.3) is 5.91 Å². The summed E-state index contributed by atoms with van der Waals surface area (Å²) in [5.41, 5.74) is 0.0767. The standard InChI is InChI=1S/C16H13N5O2S2/c1-2-10-24-16-19-18-15(25-16)17-14(23)13-12(22)8-9-21(20-13)11-6-4-3-5-7-11/h2-9H,1,10H2,(H,17,18,23). The van der Waals surface area contributed by atoms with E-state index < -0.39 is 11.3 Å². The molecule has 0 fully saturated rings. The minimum Gasteiger partial charge on any atom is -0.295 e. The van der Waals surface area contributed by atoms with Crippen LogP contribution in [0.4, 0.5) is 5.13 Å². The summed E-state index contributed by atoms with van der Waals surface area (Å²) in [6.45, 7) is 3.63. The third kappa shape index (κ3) is 4.20. The van der Waals surface area contributed by atoms with Gasteiger partial charge in [0, 0.05) is 18.0 Å². The first-order valence-corrected chi connectivity index (χ1v) is 9.01. The molecule has 2 heterocycles. The Morgan fingerprint density at radius 2 is 2.08 bits per heavy atom. The van der Waals surface area contributed by atoms with Gasteiger partial charge in [-0.3, -0.25) is 14.9 Å². The smallest absolute Gasteiger partial charge is 0.282 e. The van der Waals surface area contributed by atoms with Crippen LogP contribution in [0.15, 0.2) is 64.4 Å². The van der Waals surface area contributed by atoms with Crippen molar-refractivity contribution < 1.29 is 4.79 Å². The van der Waals surface area contributed by atoms with Gasteiger partial charge in [-0.15, -0.1) is 16.8 Å². The number of hydrogen-bond donors (Lipinski definition) is 1. The number of aromatic nitrogens is 4. The van der Waals surface area contributed by atoms with E-state index in [1.54, 1.807) is 6.08 Å². The number of rotatable bonds is 6. The molecule has 0 aliphatic rings. The quantitative estimate of drug-likeness (QED) is 0.407. The number of amides is 1. The molecule has 1 aromatic carbocycles. The van der Waals surface area contributed by atoms with Crippen molar-refractivity contribution in [1.82, 2.24) is 20.0 Å². The zero-order chi connectivity index (χ0) is 17.6. The molecule has 1 N–H and O–H groups in total. The van der Waals surface area contributed by atoms with E-state index in [1.165, 1.54) is 40.0 Å². The fraction of sp³-hybridized carbons (Fsp3) is 0.0625. The lowest BCUT2D eigenvalue weighted by Gasteiger charge is -2.06. The number of carbonyl (C=O) groups is 1. The molecule has 0 atom stereocenters. The monoisotopic (exact) mass is 371 g/mol. The molecule has 1 amide bonds. The summed E-state index contributed by atoms with van der Waals surface area (Å²) in [5, 5.41) is 14.8. The van der Waals surface area contributed by atoms with Gasteiger partial charge >= 0.3 is 0 Å². The second-order valence-corrected chi connectivity index (χ2v) is 6.98. The summed E-state index contributed by atoms with van der Waals surface area (Å²) in [6, 6.07) is 10.5. The first kappa shape index (κ1) is 17.1. The van der Waals surface area contributed by atoms with E-state index in [4.69, 9.17) is 0 Å². The molecule has 7 nitrogen and oxygen atoms in total. The molecular weight excluding hydrogens is 358 g/mol. The Hall–Kier alpha value is -2.78. The predicted octanol–water partition coefficient (Wildman–Crippen LogP) is 2.61. The number of hydrogen-bond acceptors (Lipinski definition) is 7. The third-order valence-electron chi connectivity index (χ3n) is 3.00. The first-order chi connectivity index (χ1) is 12.2. The van der Waals surface area contributed by atoms with Crippen molar-refractivity contribution in [3.8, 4) is 5.69 Å². The first-order valence-electron chi connectivity index (χ1n) is 7.21. The number of nitrogens with one attached hydrogen (secondary N) is 1. The molecule has 25 heavy (non-hydrogen) atoms. The van der Waals surface area contributed by atoms with E-state index in [0.717, 1.165) is 5.69 Å². The van der Waals surface area contributed by atoms with Crippen LogP contribution in [-0.4, -0.2) is 31.6 Å². The van der Waals surface area contributed by atoms with Crippen molar-refractivity contribution in [2.45, 2.75) is 4.34 Å². The van der Waals surface area contributed by atoms with Crippen molar-refractivity contribution in [3.05, 3.63) is 71.2 Å². The second-order valence-electron chi connectivity index (χ2n) is 4.74. The highest BCUT2D eigenvalue weighted by atomic mass is 32.2. The van der Waals surface area contributed by atoms with Gasteiger partial charge < -0.3 is 0 Å². The topological polar surface area (TPSA) is 89.8 Å².